The molecule has 2 saturated heterocycles. The molecule has 2 aliphatic rings. The molecule has 0 bridgehead atoms. The van der Waals surface area contributed by atoms with E-state index in [4.69, 9.17) is 4.98 Å². The van der Waals surface area contributed by atoms with Crippen LogP contribution in [0.25, 0.3) is 0 Å². The van der Waals surface area contributed by atoms with Crippen LogP contribution in [0, 0.1) is 0 Å². The van der Waals surface area contributed by atoms with Crippen LogP contribution in [0.2, 0.25) is 0 Å². The van der Waals surface area contributed by atoms with Gasteiger partial charge in [0.05, 0.1) is 10.7 Å². The van der Waals surface area contributed by atoms with Gasteiger partial charge in [0.1, 0.15) is 0 Å². The molecule has 1 aromatic rings. The normalized spacial score (nSPS) is 30.5. The van der Waals surface area contributed by atoms with Gasteiger partial charge in [0.15, 0.2) is 0 Å². The van der Waals surface area contributed by atoms with E-state index in [9.17, 15) is 0 Å². The highest BCUT2D eigenvalue weighted by atomic mass is 32.1. The highest BCUT2D eigenvalue weighted by molar-refractivity contribution is 7.09. The molecule has 2 fully saturated rings. The van der Waals surface area contributed by atoms with E-state index < -0.39 is 0 Å². The molecule has 2 unspecified atom stereocenters. The van der Waals surface area contributed by atoms with Crippen molar-refractivity contribution in [1.29, 1.82) is 0 Å². The minimum Gasteiger partial charge on any atom is -0.316 e. The van der Waals surface area contributed by atoms with Crippen LogP contribution in [-0.2, 0) is 0 Å². The monoisotopic (exact) mass is 265 g/mol. The average molecular weight is 265 g/mol. The first-order valence-electron chi connectivity index (χ1n) is 7.17. The summed E-state index contributed by atoms with van der Waals surface area (Å²) in [5.41, 5.74) is 1.35. The van der Waals surface area contributed by atoms with Crippen molar-refractivity contribution in [3.63, 3.8) is 0 Å². The molecular weight excluding hydrogens is 242 g/mol. The predicted octanol–water partition coefficient (Wildman–Crippen LogP) is 2.42. The first kappa shape index (κ1) is 12.6. The Hall–Kier alpha value is -0.450. The van der Waals surface area contributed by atoms with Gasteiger partial charge < -0.3 is 10.2 Å². The number of likely N-dealkylation sites (tertiary alicyclic amines) is 1. The first-order valence-corrected chi connectivity index (χ1v) is 8.05. The van der Waals surface area contributed by atoms with E-state index in [0.717, 1.165) is 6.54 Å². The maximum Gasteiger partial charge on any atom is 0.0972 e. The molecule has 2 atom stereocenters. The molecule has 3 rings (SSSR count). The summed E-state index contributed by atoms with van der Waals surface area (Å²) < 4.78 is 0. The minimum absolute atomic E-state index is 0.666. The third-order valence-electron chi connectivity index (χ3n) is 4.23. The zero-order valence-electron chi connectivity index (χ0n) is 11.2. The van der Waals surface area contributed by atoms with Crippen molar-refractivity contribution >= 4 is 11.3 Å². The predicted molar refractivity (Wildman–Crippen MR) is 76.4 cm³/mol. The molecule has 3 heterocycles. The van der Waals surface area contributed by atoms with Crippen LogP contribution in [0.1, 0.15) is 48.2 Å². The largest absolute Gasteiger partial charge is 0.316 e. The lowest BCUT2D eigenvalue weighted by molar-refractivity contribution is 0.248. The van der Waals surface area contributed by atoms with E-state index in [1.807, 2.05) is 11.3 Å². The van der Waals surface area contributed by atoms with Crippen molar-refractivity contribution in [2.75, 3.05) is 33.2 Å². The molecule has 4 heteroatoms. The zero-order chi connectivity index (χ0) is 12.4. The Morgan fingerprint density at radius 3 is 3.00 bits per heavy atom. The summed E-state index contributed by atoms with van der Waals surface area (Å²) in [6.45, 7) is 4.74. The zero-order valence-corrected chi connectivity index (χ0v) is 12.0. The second-order valence-corrected chi connectivity index (χ2v) is 6.64. The second kappa shape index (κ2) is 5.68. The fraction of sp³-hybridized carbons (Fsp3) is 0.786. The number of rotatable bonds is 2. The van der Waals surface area contributed by atoms with Crippen LogP contribution in [0.5, 0.6) is 0 Å². The smallest absolute Gasteiger partial charge is 0.0972 e. The topological polar surface area (TPSA) is 28.2 Å². The molecule has 0 aliphatic carbocycles. The van der Waals surface area contributed by atoms with E-state index in [1.54, 1.807) is 0 Å². The van der Waals surface area contributed by atoms with E-state index in [2.05, 4.69) is 22.6 Å². The number of piperidine rings is 2. The Kier molecular flexibility index (Phi) is 3.97. The number of nitrogens with one attached hydrogen (secondary N) is 1. The van der Waals surface area contributed by atoms with Gasteiger partial charge in [0, 0.05) is 30.3 Å². The molecule has 100 valence electrons. The van der Waals surface area contributed by atoms with Gasteiger partial charge in [0.2, 0.25) is 0 Å². The van der Waals surface area contributed by atoms with E-state index in [-0.39, 0.29) is 0 Å². The molecule has 0 aromatic carbocycles. The number of hydrogen-bond donors (Lipinski definition) is 1. The number of aromatic nitrogens is 1. The lowest BCUT2D eigenvalue weighted by Crippen LogP contribution is -2.31. The summed E-state index contributed by atoms with van der Waals surface area (Å²) in [4.78, 5) is 7.38. The van der Waals surface area contributed by atoms with Crippen LogP contribution in [-0.4, -0.2) is 43.1 Å². The summed E-state index contributed by atoms with van der Waals surface area (Å²) in [5.74, 6) is 1.34. The van der Waals surface area contributed by atoms with Gasteiger partial charge in [0.25, 0.3) is 0 Å². The molecule has 0 radical (unpaired) electrons. The van der Waals surface area contributed by atoms with Crippen LogP contribution >= 0.6 is 11.3 Å². The summed E-state index contributed by atoms with van der Waals surface area (Å²) in [7, 11) is 2.23. The SMILES string of the molecule is CN1CCCC(c2csc(C3CCCNC3)n2)C1. The van der Waals surface area contributed by atoms with Crippen LogP contribution in [0.3, 0.4) is 0 Å². The van der Waals surface area contributed by atoms with Crippen LogP contribution in [0.4, 0.5) is 0 Å². The molecule has 18 heavy (non-hydrogen) atoms. The molecule has 1 N–H and O–H groups in total. The summed E-state index contributed by atoms with van der Waals surface area (Å²) in [6, 6.07) is 0. The van der Waals surface area contributed by atoms with Gasteiger partial charge in [-0.05, 0) is 45.8 Å². The average Bonchev–Trinajstić information content (AvgIpc) is 2.89. The number of nitrogens with zero attached hydrogens (tertiary/aromatic N) is 2. The van der Waals surface area contributed by atoms with Crippen molar-refractivity contribution in [3.05, 3.63) is 16.1 Å². The van der Waals surface area contributed by atoms with Gasteiger partial charge in [-0.1, -0.05) is 0 Å². The lowest BCUT2D eigenvalue weighted by atomic mass is 9.95. The first-order chi connectivity index (χ1) is 8.83. The Morgan fingerprint density at radius 1 is 1.33 bits per heavy atom. The molecule has 0 amide bonds. The van der Waals surface area contributed by atoms with E-state index >= 15 is 0 Å². The highest BCUT2D eigenvalue weighted by Gasteiger charge is 2.23. The van der Waals surface area contributed by atoms with Gasteiger partial charge >= 0.3 is 0 Å². The minimum atomic E-state index is 0.666. The van der Waals surface area contributed by atoms with E-state index in [1.165, 1.54) is 56.0 Å². The summed E-state index contributed by atoms with van der Waals surface area (Å²) in [6.07, 6.45) is 5.24. The number of likely N-dealkylation sites (N-methyl/N-ethyl adjacent to an activating group) is 1. The van der Waals surface area contributed by atoms with Gasteiger partial charge in [-0.2, -0.15) is 0 Å². The Morgan fingerprint density at radius 2 is 2.22 bits per heavy atom. The maximum atomic E-state index is 4.94. The molecule has 1 aromatic heterocycles. The van der Waals surface area contributed by atoms with E-state index in [0.29, 0.717) is 11.8 Å². The molecule has 2 aliphatic heterocycles. The number of thiazole rings is 1. The molecular formula is C14H23N3S. The summed E-state index contributed by atoms with van der Waals surface area (Å²) in [5, 5.41) is 7.17. The maximum absolute atomic E-state index is 4.94. The fourth-order valence-electron chi connectivity index (χ4n) is 3.15. The Labute approximate surface area is 114 Å². The Balaban J connectivity index is 1.68. The molecule has 0 saturated carbocycles. The van der Waals surface area contributed by atoms with Gasteiger partial charge in [-0.25, -0.2) is 4.98 Å². The standard InChI is InChI=1S/C14H23N3S/c1-17-7-3-5-12(9-17)13-10-18-14(16-13)11-4-2-6-15-8-11/h10-12,15H,2-9H2,1H3. The molecule has 0 spiro atoms. The van der Waals surface area contributed by atoms with Crippen molar-refractivity contribution < 1.29 is 0 Å². The van der Waals surface area contributed by atoms with Gasteiger partial charge in [-0.3, -0.25) is 0 Å². The second-order valence-electron chi connectivity index (χ2n) is 5.76. The summed E-state index contributed by atoms with van der Waals surface area (Å²) >= 11 is 1.88. The van der Waals surface area contributed by atoms with Crippen molar-refractivity contribution in [3.8, 4) is 0 Å². The third kappa shape index (κ3) is 2.76. The van der Waals surface area contributed by atoms with Crippen molar-refractivity contribution in [1.82, 2.24) is 15.2 Å². The van der Waals surface area contributed by atoms with Gasteiger partial charge in [-0.15, -0.1) is 11.3 Å². The quantitative estimate of drug-likeness (QED) is 0.890. The van der Waals surface area contributed by atoms with Crippen LogP contribution in [0.15, 0.2) is 5.38 Å². The fourth-order valence-corrected chi connectivity index (χ4v) is 4.18. The Bertz CT molecular complexity index is 384. The highest BCUT2D eigenvalue weighted by Crippen LogP contribution is 2.31. The van der Waals surface area contributed by atoms with Crippen molar-refractivity contribution in [2.24, 2.45) is 0 Å². The van der Waals surface area contributed by atoms with Crippen molar-refractivity contribution in [2.45, 2.75) is 37.5 Å². The van der Waals surface area contributed by atoms with Crippen LogP contribution < -0.4 is 5.32 Å². The molecule has 3 nitrogen and oxygen atoms in total. The lowest BCUT2D eigenvalue weighted by Gasteiger charge is -2.28. The number of hydrogen-bond acceptors (Lipinski definition) is 4. The third-order valence-corrected chi connectivity index (χ3v) is 5.25.